The average molecular weight is 341 g/mol. The Labute approximate surface area is 145 Å². The Kier molecular flexibility index (Phi) is 3.78. The molecule has 9 heteroatoms. The molecule has 3 aromatic heterocycles. The molecule has 9 nitrogen and oxygen atoms in total. The van der Waals surface area contributed by atoms with Gasteiger partial charge in [0.25, 0.3) is 0 Å². The smallest absolute Gasteiger partial charge is 0.229 e. The molecule has 1 saturated heterocycles. The molecule has 0 bridgehead atoms. The number of nitrogen functional groups attached to an aromatic ring is 1. The second-order valence-electron chi connectivity index (χ2n) is 6.76. The zero-order valence-electron chi connectivity index (χ0n) is 14.8. The number of fused-ring (bicyclic) bond motifs is 1. The van der Waals surface area contributed by atoms with E-state index >= 15 is 0 Å². The van der Waals surface area contributed by atoms with Crippen LogP contribution in [0, 0.1) is 19.8 Å². The molecular formula is C16H23N9. The second-order valence-corrected chi connectivity index (χ2v) is 6.76. The fourth-order valence-corrected chi connectivity index (χ4v) is 3.55. The minimum absolute atomic E-state index is 0.484. The van der Waals surface area contributed by atoms with E-state index in [0.29, 0.717) is 17.7 Å². The summed E-state index contributed by atoms with van der Waals surface area (Å²) in [6.45, 7) is 6.62. The minimum Gasteiger partial charge on any atom is -0.383 e. The van der Waals surface area contributed by atoms with Crippen LogP contribution >= 0.6 is 0 Å². The maximum Gasteiger partial charge on any atom is 0.229 e. The van der Waals surface area contributed by atoms with Gasteiger partial charge in [-0.2, -0.15) is 20.2 Å². The summed E-state index contributed by atoms with van der Waals surface area (Å²) in [6.07, 6.45) is 3.98. The minimum atomic E-state index is 0.484. The highest BCUT2D eigenvalue weighted by Crippen LogP contribution is 2.25. The van der Waals surface area contributed by atoms with Crippen LogP contribution in [0.25, 0.3) is 11.0 Å². The molecule has 25 heavy (non-hydrogen) atoms. The summed E-state index contributed by atoms with van der Waals surface area (Å²) >= 11 is 0. The molecular weight excluding hydrogens is 318 g/mol. The maximum absolute atomic E-state index is 6.10. The van der Waals surface area contributed by atoms with Gasteiger partial charge in [-0.1, -0.05) is 0 Å². The first kappa shape index (κ1) is 15.8. The monoisotopic (exact) mass is 341 g/mol. The van der Waals surface area contributed by atoms with Crippen LogP contribution in [0.15, 0.2) is 6.20 Å². The Hall–Kier alpha value is -2.71. The highest BCUT2D eigenvalue weighted by atomic mass is 15.4. The molecule has 1 aliphatic heterocycles. The van der Waals surface area contributed by atoms with E-state index in [1.54, 1.807) is 10.9 Å². The molecule has 0 saturated carbocycles. The molecule has 3 aromatic rings. The van der Waals surface area contributed by atoms with Crippen LogP contribution in [0.5, 0.6) is 0 Å². The molecule has 2 N–H and O–H groups in total. The lowest BCUT2D eigenvalue weighted by atomic mass is 9.98. The van der Waals surface area contributed by atoms with Gasteiger partial charge in [-0.3, -0.25) is 4.68 Å². The van der Waals surface area contributed by atoms with E-state index in [1.165, 1.54) is 0 Å². The molecule has 0 spiro atoms. The Morgan fingerprint density at radius 1 is 1.24 bits per heavy atom. The Balaban J connectivity index is 1.56. The van der Waals surface area contributed by atoms with Crippen LogP contribution in [0.2, 0.25) is 0 Å². The van der Waals surface area contributed by atoms with Crippen molar-refractivity contribution in [3.05, 3.63) is 17.8 Å². The molecule has 1 aliphatic rings. The molecule has 1 fully saturated rings. The van der Waals surface area contributed by atoms with Gasteiger partial charge >= 0.3 is 0 Å². The van der Waals surface area contributed by atoms with Gasteiger partial charge in [-0.25, -0.2) is 9.67 Å². The molecule has 0 radical (unpaired) electrons. The third-order valence-electron chi connectivity index (χ3n) is 4.81. The molecule has 4 rings (SSSR count). The van der Waals surface area contributed by atoms with Gasteiger partial charge in [0.1, 0.15) is 17.5 Å². The summed E-state index contributed by atoms with van der Waals surface area (Å²) in [6, 6.07) is 0. The third kappa shape index (κ3) is 2.90. The molecule has 1 atom stereocenters. The lowest BCUT2D eigenvalue weighted by Gasteiger charge is -2.32. The van der Waals surface area contributed by atoms with E-state index in [0.717, 1.165) is 55.2 Å². The standard InChI is InChI=1S/C16H23N9/c1-10-19-11(2)25(22-10)9-12-5-4-6-24(8-12)16-20-14(17)13-7-18-23(3)15(13)21-16/h7,12H,4-6,8-9H2,1-3H3,(H2,17,20,21)/t12-/m0/s1. The number of anilines is 2. The Morgan fingerprint density at radius 2 is 2.08 bits per heavy atom. The first-order chi connectivity index (χ1) is 12.0. The molecule has 0 amide bonds. The zero-order chi connectivity index (χ0) is 17.6. The van der Waals surface area contributed by atoms with Crippen LogP contribution in [-0.4, -0.2) is 47.6 Å². The predicted octanol–water partition coefficient (Wildman–Crippen LogP) is 1.07. The van der Waals surface area contributed by atoms with Crippen molar-refractivity contribution in [1.29, 1.82) is 0 Å². The predicted molar refractivity (Wildman–Crippen MR) is 95.1 cm³/mol. The zero-order valence-corrected chi connectivity index (χ0v) is 14.8. The van der Waals surface area contributed by atoms with Gasteiger partial charge < -0.3 is 10.6 Å². The van der Waals surface area contributed by atoms with Crippen molar-refractivity contribution in [2.24, 2.45) is 13.0 Å². The normalized spacial score (nSPS) is 18.2. The topological polar surface area (TPSA) is 104 Å². The van der Waals surface area contributed by atoms with Crippen LogP contribution in [0.1, 0.15) is 24.5 Å². The number of aromatic nitrogens is 7. The van der Waals surface area contributed by atoms with Crippen molar-refractivity contribution in [3.8, 4) is 0 Å². The summed E-state index contributed by atoms with van der Waals surface area (Å²) in [7, 11) is 1.87. The fraction of sp³-hybridized carbons (Fsp3) is 0.562. The quantitative estimate of drug-likeness (QED) is 0.760. The van der Waals surface area contributed by atoms with Crippen molar-refractivity contribution in [1.82, 2.24) is 34.5 Å². The molecule has 4 heterocycles. The summed E-state index contributed by atoms with van der Waals surface area (Å²) in [4.78, 5) is 15.8. The summed E-state index contributed by atoms with van der Waals surface area (Å²) in [5, 5.41) is 9.51. The third-order valence-corrected chi connectivity index (χ3v) is 4.81. The fourth-order valence-electron chi connectivity index (χ4n) is 3.55. The van der Waals surface area contributed by atoms with Crippen molar-refractivity contribution in [2.45, 2.75) is 33.2 Å². The maximum atomic E-state index is 6.10. The molecule has 132 valence electrons. The van der Waals surface area contributed by atoms with Crippen molar-refractivity contribution in [3.63, 3.8) is 0 Å². The van der Waals surface area contributed by atoms with E-state index in [-0.39, 0.29) is 0 Å². The van der Waals surface area contributed by atoms with Crippen molar-refractivity contribution in [2.75, 3.05) is 23.7 Å². The number of nitrogens with two attached hydrogens (primary N) is 1. The molecule has 0 aliphatic carbocycles. The highest BCUT2D eigenvalue weighted by molar-refractivity contribution is 5.86. The number of hydrogen-bond donors (Lipinski definition) is 1. The second kappa shape index (κ2) is 5.98. The first-order valence-corrected chi connectivity index (χ1v) is 8.59. The van der Waals surface area contributed by atoms with Gasteiger partial charge in [0, 0.05) is 26.7 Å². The number of nitrogens with zero attached hydrogens (tertiary/aromatic N) is 8. The van der Waals surface area contributed by atoms with Crippen LogP contribution in [0.4, 0.5) is 11.8 Å². The first-order valence-electron chi connectivity index (χ1n) is 8.59. The van der Waals surface area contributed by atoms with E-state index in [9.17, 15) is 0 Å². The lowest BCUT2D eigenvalue weighted by Crippen LogP contribution is -2.38. The summed E-state index contributed by atoms with van der Waals surface area (Å²) < 4.78 is 3.74. The number of rotatable bonds is 3. The Bertz CT molecular complexity index is 910. The molecule has 0 aromatic carbocycles. The van der Waals surface area contributed by atoms with Crippen LogP contribution < -0.4 is 10.6 Å². The largest absolute Gasteiger partial charge is 0.383 e. The Morgan fingerprint density at radius 3 is 2.84 bits per heavy atom. The van der Waals surface area contributed by atoms with E-state index in [1.807, 2.05) is 25.6 Å². The van der Waals surface area contributed by atoms with E-state index in [2.05, 4.69) is 30.0 Å². The van der Waals surface area contributed by atoms with Crippen molar-refractivity contribution >= 4 is 22.8 Å². The van der Waals surface area contributed by atoms with E-state index < -0.39 is 0 Å². The van der Waals surface area contributed by atoms with E-state index in [4.69, 9.17) is 5.73 Å². The summed E-state index contributed by atoms with van der Waals surface area (Å²) in [5.74, 6) is 3.44. The summed E-state index contributed by atoms with van der Waals surface area (Å²) in [5.41, 5.74) is 6.88. The van der Waals surface area contributed by atoms with Gasteiger partial charge in [0.2, 0.25) is 5.95 Å². The van der Waals surface area contributed by atoms with Gasteiger partial charge in [-0.15, -0.1) is 0 Å². The van der Waals surface area contributed by atoms with Crippen molar-refractivity contribution < 1.29 is 0 Å². The average Bonchev–Trinajstić information content (AvgIpc) is 3.10. The van der Waals surface area contributed by atoms with Crippen LogP contribution in [-0.2, 0) is 13.6 Å². The number of aryl methyl sites for hydroxylation is 3. The molecule has 0 unspecified atom stereocenters. The number of hydrogen-bond acceptors (Lipinski definition) is 7. The number of piperidine rings is 1. The van der Waals surface area contributed by atoms with Gasteiger partial charge in [0.05, 0.1) is 11.6 Å². The van der Waals surface area contributed by atoms with Gasteiger partial charge in [0.15, 0.2) is 5.65 Å². The lowest BCUT2D eigenvalue weighted by molar-refractivity contribution is 0.345. The van der Waals surface area contributed by atoms with Gasteiger partial charge in [-0.05, 0) is 32.6 Å². The van der Waals surface area contributed by atoms with Crippen LogP contribution in [0.3, 0.4) is 0 Å². The highest BCUT2D eigenvalue weighted by Gasteiger charge is 2.24. The SMILES string of the molecule is Cc1nc(C)n(C[C@H]2CCCN(c3nc(N)c4cnn(C)c4n3)C2)n1.